The van der Waals surface area contributed by atoms with Crippen molar-refractivity contribution in [3.8, 4) is 48.8 Å². The first-order valence-corrected chi connectivity index (χ1v) is 15.8. The van der Waals surface area contributed by atoms with Crippen LogP contribution in [0.15, 0.2) is 71.4 Å². The molecule has 6 aromatic heterocycles. The minimum Gasteiger partial charge on any atom is -0.481 e. The van der Waals surface area contributed by atoms with E-state index in [-0.39, 0.29) is 6.42 Å². The molecular formula is C27H18O2S6. The Labute approximate surface area is 227 Å². The molecule has 2 nitrogen and oxygen atoms in total. The van der Waals surface area contributed by atoms with Gasteiger partial charge in [0.15, 0.2) is 0 Å². The number of carboxylic acid groups (broad SMARTS) is 1. The Morgan fingerprint density at radius 3 is 1.77 bits per heavy atom. The molecule has 35 heavy (non-hydrogen) atoms. The third kappa shape index (κ3) is 4.62. The molecule has 6 rings (SSSR count). The molecule has 6 aromatic rings. The van der Waals surface area contributed by atoms with Crippen molar-refractivity contribution in [1.82, 2.24) is 0 Å². The van der Waals surface area contributed by atoms with E-state index < -0.39 is 5.97 Å². The summed E-state index contributed by atoms with van der Waals surface area (Å²) in [6.45, 7) is 2.19. The highest BCUT2D eigenvalue weighted by Crippen LogP contribution is 2.47. The van der Waals surface area contributed by atoms with E-state index in [4.69, 9.17) is 0 Å². The largest absolute Gasteiger partial charge is 0.481 e. The normalized spacial score (nSPS) is 11.3. The van der Waals surface area contributed by atoms with Crippen LogP contribution in [0.5, 0.6) is 0 Å². The van der Waals surface area contributed by atoms with Crippen LogP contribution in [0.1, 0.15) is 11.1 Å². The Kier molecular flexibility index (Phi) is 6.34. The number of carbonyl (C=O) groups is 1. The van der Waals surface area contributed by atoms with E-state index in [0.29, 0.717) is 0 Å². The molecule has 0 fully saturated rings. The lowest BCUT2D eigenvalue weighted by Gasteiger charge is -1.98. The van der Waals surface area contributed by atoms with Crippen molar-refractivity contribution in [2.45, 2.75) is 13.3 Å². The van der Waals surface area contributed by atoms with Crippen LogP contribution in [-0.2, 0) is 11.2 Å². The van der Waals surface area contributed by atoms with Crippen LogP contribution >= 0.6 is 68.0 Å². The highest BCUT2D eigenvalue weighted by atomic mass is 32.1. The minimum atomic E-state index is -0.797. The molecular weight excluding hydrogens is 549 g/mol. The maximum Gasteiger partial charge on any atom is 0.307 e. The summed E-state index contributed by atoms with van der Waals surface area (Å²) in [4.78, 5) is 23.8. The summed E-state index contributed by atoms with van der Waals surface area (Å²) < 4.78 is 0. The van der Waals surface area contributed by atoms with Gasteiger partial charge in [-0.05, 0) is 77.3 Å². The van der Waals surface area contributed by atoms with Crippen molar-refractivity contribution in [2.75, 3.05) is 0 Å². The second kappa shape index (κ2) is 9.61. The zero-order chi connectivity index (χ0) is 23.9. The molecule has 0 aliphatic rings. The molecule has 0 aromatic carbocycles. The highest BCUT2D eigenvalue weighted by molar-refractivity contribution is 7.30. The molecule has 0 bridgehead atoms. The SMILES string of the molecule is Cc1cc(-c2cccs2)sc1-c1ccc(-c2ccc(-c3sc(-c4cccs4)cc3CC(=O)O)s2)s1. The van der Waals surface area contributed by atoms with Crippen LogP contribution in [0.4, 0.5) is 0 Å². The van der Waals surface area contributed by atoms with E-state index in [1.54, 1.807) is 45.3 Å². The average Bonchev–Trinajstić information content (AvgIpc) is 3.66. The molecule has 6 heterocycles. The van der Waals surface area contributed by atoms with Gasteiger partial charge in [0.1, 0.15) is 0 Å². The first-order chi connectivity index (χ1) is 17.0. The van der Waals surface area contributed by atoms with Gasteiger partial charge in [0.2, 0.25) is 0 Å². The van der Waals surface area contributed by atoms with Crippen LogP contribution < -0.4 is 0 Å². The van der Waals surface area contributed by atoms with Gasteiger partial charge < -0.3 is 5.11 Å². The lowest BCUT2D eigenvalue weighted by molar-refractivity contribution is -0.136. The number of hydrogen-bond acceptors (Lipinski definition) is 7. The third-order valence-electron chi connectivity index (χ3n) is 5.50. The molecule has 8 heteroatoms. The minimum absolute atomic E-state index is 0.0395. The first-order valence-electron chi connectivity index (χ1n) is 10.8. The molecule has 0 saturated carbocycles. The number of carboxylic acids is 1. The van der Waals surface area contributed by atoms with E-state index in [1.165, 1.54) is 39.7 Å². The van der Waals surface area contributed by atoms with Gasteiger partial charge in [-0.1, -0.05) is 12.1 Å². The molecule has 0 radical (unpaired) electrons. The van der Waals surface area contributed by atoms with E-state index in [9.17, 15) is 9.90 Å². The van der Waals surface area contributed by atoms with Crippen LogP contribution in [0, 0.1) is 6.92 Å². The Balaban J connectivity index is 1.32. The molecule has 0 aliphatic carbocycles. The summed E-state index contributed by atoms with van der Waals surface area (Å²) in [5.41, 5.74) is 2.21. The van der Waals surface area contributed by atoms with Crippen LogP contribution in [0.3, 0.4) is 0 Å². The fourth-order valence-electron chi connectivity index (χ4n) is 3.92. The molecule has 0 amide bonds. The number of aliphatic carboxylic acids is 1. The summed E-state index contributed by atoms with van der Waals surface area (Å²) in [7, 11) is 0. The smallest absolute Gasteiger partial charge is 0.307 e. The van der Waals surface area contributed by atoms with Gasteiger partial charge in [-0.15, -0.1) is 68.0 Å². The van der Waals surface area contributed by atoms with Crippen LogP contribution in [0.25, 0.3) is 48.8 Å². The van der Waals surface area contributed by atoms with Gasteiger partial charge >= 0.3 is 5.97 Å². The standard InChI is InChI=1S/C27H18O2S6/c1-15-12-23(17-4-2-10-30-17)34-26(15)21-8-6-19(32-21)20-7-9-22(33-20)27-16(14-25(28)29)13-24(35-27)18-5-3-11-31-18/h2-13H,14H2,1H3,(H,28,29). The highest BCUT2D eigenvalue weighted by Gasteiger charge is 2.18. The van der Waals surface area contributed by atoms with E-state index in [2.05, 4.69) is 66.2 Å². The Bertz CT molecular complexity index is 1610. The predicted octanol–water partition coefficient (Wildman–Crippen LogP) is 10.3. The average molecular weight is 567 g/mol. The molecule has 0 spiro atoms. The summed E-state index contributed by atoms with van der Waals surface area (Å²) >= 11 is 10.6. The second-order valence-corrected chi connectivity index (χ2v) is 14.1. The van der Waals surface area contributed by atoms with Gasteiger partial charge in [0.25, 0.3) is 0 Å². The van der Waals surface area contributed by atoms with Crippen molar-refractivity contribution in [3.63, 3.8) is 0 Å². The topological polar surface area (TPSA) is 37.3 Å². The Morgan fingerprint density at radius 2 is 1.20 bits per heavy atom. The first kappa shape index (κ1) is 23.1. The van der Waals surface area contributed by atoms with Gasteiger partial charge in [-0.25, -0.2) is 0 Å². The van der Waals surface area contributed by atoms with Crippen molar-refractivity contribution in [1.29, 1.82) is 0 Å². The van der Waals surface area contributed by atoms with Gasteiger partial charge in [-0.2, -0.15) is 0 Å². The zero-order valence-electron chi connectivity index (χ0n) is 18.4. The number of thiophene rings is 6. The lowest BCUT2D eigenvalue weighted by atomic mass is 10.1. The number of aryl methyl sites for hydroxylation is 1. The Morgan fingerprint density at radius 1 is 0.657 bits per heavy atom. The van der Waals surface area contributed by atoms with Crippen molar-refractivity contribution in [2.24, 2.45) is 0 Å². The molecule has 0 saturated heterocycles. The Hall–Kier alpha value is -2.33. The van der Waals surface area contributed by atoms with E-state index in [1.807, 2.05) is 34.8 Å². The number of hydrogen-bond donors (Lipinski definition) is 1. The summed E-state index contributed by atoms with van der Waals surface area (Å²) in [6, 6.07) is 21.5. The summed E-state index contributed by atoms with van der Waals surface area (Å²) in [5.74, 6) is -0.797. The third-order valence-corrected chi connectivity index (χ3v) is 12.8. The summed E-state index contributed by atoms with van der Waals surface area (Å²) in [6.07, 6.45) is 0.0395. The lowest BCUT2D eigenvalue weighted by Crippen LogP contribution is -1.99. The molecule has 0 aliphatic heterocycles. The predicted molar refractivity (Wildman–Crippen MR) is 157 cm³/mol. The maximum absolute atomic E-state index is 11.5. The molecule has 0 unspecified atom stereocenters. The van der Waals surface area contributed by atoms with E-state index in [0.717, 1.165) is 20.2 Å². The van der Waals surface area contributed by atoms with Crippen LogP contribution in [0.2, 0.25) is 0 Å². The van der Waals surface area contributed by atoms with Crippen molar-refractivity contribution >= 4 is 74.0 Å². The fourth-order valence-corrected chi connectivity index (χ4v) is 10.4. The van der Waals surface area contributed by atoms with Crippen molar-refractivity contribution in [3.05, 3.63) is 82.6 Å². The quantitative estimate of drug-likeness (QED) is 0.209. The van der Waals surface area contributed by atoms with Gasteiger partial charge in [-0.3, -0.25) is 4.79 Å². The zero-order valence-corrected chi connectivity index (χ0v) is 23.3. The number of rotatable bonds is 7. The fraction of sp³-hybridized carbons (Fsp3) is 0.0741. The van der Waals surface area contributed by atoms with Crippen LogP contribution in [-0.4, -0.2) is 11.1 Å². The summed E-state index contributed by atoms with van der Waals surface area (Å²) in [5, 5.41) is 13.7. The molecule has 174 valence electrons. The van der Waals surface area contributed by atoms with E-state index >= 15 is 0 Å². The maximum atomic E-state index is 11.5. The molecule has 1 N–H and O–H groups in total. The monoisotopic (exact) mass is 566 g/mol. The second-order valence-electron chi connectivity index (χ2n) is 7.94. The van der Waals surface area contributed by atoms with Gasteiger partial charge in [0.05, 0.1) is 6.42 Å². The van der Waals surface area contributed by atoms with Gasteiger partial charge in [0, 0.05) is 48.8 Å². The molecule has 0 atom stereocenters. The van der Waals surface area contributed by atoms with Crippen molar-refractivity contribution < 1.29 is 9.90 Å².